The fraction of sp³-hybridized carbons (Fsp3) is 0.412. The normalized spacial score (nSPS) is 9.95. The molecule has 0 fully saturated rings. The van der Waals surface area contributed by atoms with Crippen molar-refractivity contribution in [3.05, 3.63) is 33.9 Å². The van der Waals surface area contributed by atoms with E-state index in [4.69, 9.17) is 12.8 Å². The van der Waals surface area contributed by atoms with E-state index in [1.807, 2.05) is 0 Å². The molecule has 0 radical (unpaired) electrons. The van der Waals surface area contributed by atoms with Crippen LogP contribution >= 0.6 is 0 Å². The molecule has 1 aromatic rings. The summed E-state index contributed by atoms with van der Waals surface area (Å²) >= 11 is 0. The largest absolute Gasteiger partial charge is 0.332 e. The number of terminal acetylenes is 2. The summed E-state index contributed by atoms with van der Waals surface area (Å²) in [5, 5.41) is 4.33. The molecule has 1 aromatic carbocycles. The summed E-state index contributed by atoms with van der Waals surface area (Å²) < 4.78 is 0. The van der Waals surface area contributed by atoms with Crippen molar-refractivity contribution in [3.8, 4) is 24.7 Å². The highest BCUT2D eigenvalue weighted by molar-refractivity contribution is 5.43. The van der Waals surface area contributed by atoms with Gasteiger partial charge in [-0.3, -0.25) is 0 Å². The number of quaternary nitrogens is 2. The molecule has 0 amide bonds. The Bertz CT molecular complexity index is 471. The molecule has 2 nitrogen and oxygen atoms in total. The van der Waals surface area contributed by atoms with Crippen LogP contribution in [0.5, 0.6) is 0 Å². The molecular weight excluding hydrogens is 232 g/mol. The number of nitrogens with two attached hydrogens (primary N) is 2. The molecule has 0 spiro atoms. The van der Waals surface area contributed by atoms with Crippen LogP contribution in [0.4, 0.5) is 0 Å². The molecule has 100 valence electrons. The van der Waals surface area contributed by atoms with Crippen LogP contribution in [0.15, 0.2) is 6.07 Å². The fourth-order valence-electron chi connectivity index (χ4n) is 2.50. The van der Waals surface area contributed by atoms with Gasteiger partial charge in [-0.15, -0.1) is 12.8 Å². The molecule has 0 atom stereocenters. The second kappa shape index (κ2) is 7.64. The lowest BCUT2D eigenvalue weighted by molar-refractivity contribution is -0.661. The number of rotatable bonds is 6. The molecular formula is C17H24N2+2. The summed E-state index contributed by atoms with van der Waals surface area (Å²) in [5.74, 6) is 5.32. The van der Waals surface area contributed by atoms with Crippen LogP contribution in [0.1, 0.15) is 27.8 Å². The van der Waals surface area contributed by atoms with Gasteiger partial charge in [-0.1, -0.05) is 6.07 Å². The minimum atomic E-state index is 0.727. The lowest BCUT2D eigenvalue weighted by Gasteiger charge is -2.15. The minimum absolute atomic E-state index is 0.727. The highest BCUT2D eigenvalue weighted by Gasteiger charge is 2.12. The summed E-state index contributed by atoms with van der Waals surface area (Å²) in [4.78, 5) is 0. The summed E-state index contributed by atoms with van der Waals surface area (Å²) in [7, 11) is 0. The van der Waals surface area contributed by atoms with Crippen LogP contribution in [0, 0.1) is 45.5 Å². The Labute approximate surface area is 117 Å². The second-order valence-corrected chi connectivity index (χ2v) is 4.89. The first-order valence-electron chi connectivity index (χ1n) is 6.70. The zero-order chi connectivity index (χ0) is 14.3. The lowest BCUT2D eigenvalue weighted by Crippen LogP contribution is -2.83. The van der Waals surface area contributed by atoms with Crippen LogP contribution in [0.3, 0.4) is 0 Å². The molecule has 4 N–H and O–H groups in total. The van der Waals surface area contributed by atoms with Gasteiger partial charge in [0, 0.05) is 11.1 Å². The second-order valence-electron chi connectivity index (χ2n) is 4.89. The monoisotopic (exact) mass is 256 g/mol. The van der Waals surface area contributed by atoms with Gasteiger partial charge in [0.05, 0.1) is 0 Å². The first kappa shape index (κ1) is 15.3. The summed E-state index contributed by atoms with van der Waals surface area (Å²) in [6, 6.07) is 2.27. The first-order valence-corrected chi connectivity index (χ1v) is 6.70. The standard InChI is InChI=1S/C17H22N2/c1-6-8-18-11-16-13(3)10-14(4)17(15(16)5)12-19-9-7-2/h1-2,10,18-19H,8-9,11-12H2,3-5H3/p+2. The highest BCUT2D eigenvalue weighted by Crippen LogP contribution is 2.20. The van der Waals surface area contributed by atoms with Gasteiger partial charge in [-0.05, 0) is 49.3 Å². The molecule has 0 bridgehead atoms. The fourth-order valence-corrected chi connectivity index (χ4v) is 2.50. The molecule has 0 aromatic heterocycles. The predicted octanol–water partition coefficient (Wildman–Crippen LogP) is 0.00506. The Morgan fingerprint density at radius 3 is 1.68 bits per heavy atom. The molecule has 1 rings (SSSR count). The van der Waals surface area contributed by atoms with E-state index in [0.29, 0.717) is 0 Å². The third-order valence-corrected chi connectivity index (χ3v) is 3.51. The van der Waals surface area contributed by atoms with Crippen molar-refractivity contribution in [2.45, 2.75) is 33.9 Å². The maximum atomic E-state index is 5.30. The number of benzene rings is 1. The maximum absolute atomic E-state index is 5.30. The van der Waals surface area contributed by atoms with E-state index in [0.717, 1.165) is 26.2 Å². The quantitative estimate of drug-likeness (QED) is 0.531. The van der Waals surface area contributed by atoms with Crippen LogP contribution < -0.4 is 10.6 Å². The van der Waals surface area contributed by atoms with Crippen molar-refractivity contribution < 1.29 is 10.6 Å². The molecule has 19 heavy (non-hydrogen) atoms. The average Bonchev–Trinajstić information content (AvgIpc) is 2.37. The Hall–Kier alpha value is -1.74. The molecule has 0 unspecified atom stereocenters. The van der Waals surface area contributed by atoms with Crippen molar-refractivity contribution in [2.24, 2.45) is 0 Å². The maximum Gasteiger partial charge on any atom is 0.137 e. The molecule has 0 aliphatic heterocycles. The third kappa shape index (κ3) is 4.14. The zero-order valence-corrected chi connectivity index (χ0v) is 12.2. The molecule has 2 heteroatoms. The van der Waals surface area contributed by atoms with Crippen molar-refractivity contribution in [2.75, 3.05) is 13.1 Å². The van der Waals surface area contributed by atoms with E-state index in [-0.39, 0.29) is 0 Å². The van der Waals surface area contributed by atoms with Gasteiger partial charge in [0.1, 0.15) is 26.2 Å². The van der Waals surface area contributed by atoms with E-state index in [1.165, 1.54) is 27.8 Å². The van der Waals surface area contributed by atoms with Crippen molar-refractivity contribution in [3.63, 3.8) is 0 Å². The Balaban J connectivity index is 2.95. The van der Waals surface area contributed by atoms with Gasteiger partial charge < -0.3 is 10.6 Å². The lowest BCUT2D eigenvalue weighted by atomic mass is 9.93. The van der Waals surface area contributed by atoms with E-state index < -0.39 is 0 Å². The van der Waals surface area contributed by atoms with Crippen LogP contribution in [-0.4, -0.2) is 13.1 Å². The van der Waals surface area contributed by atoms with E-state index in [2.05, 4.69) is 49.3 Å². The van der Waals surface area contributed by atoms with Gasteiger partial charge in [0.15, 0.2) is 0 Å². The Kier molecular flexibility index (Phi) is 6.16. The summed E-state index contributed by atoms with van der Waals surface area (Å²) in [6.07, 6.45) is 10.6. The summed E-state index contributed by atoms with van der Waals surface area (Å²) in [6.45, 7) is 9.91. The predicted molar refractivity (Wildman–Crippen MR) is 79.3 cm³/mol. The number of hydrogen-bond acceptors (Lipinski definition) is 0. The van der Waals surface area contributed by atoms with Crippen molar-refractivity contribution >= 4 is 0 Å². The van der Waals surface area contributed by atoms with Gasteiger partial charge in [-0.25, -0.2) is 0 Å². The minimum Gasteiger partial charge on any atom is -0.332 e. The third-order valence-electron chi connectivity index (χ3n) is 3.51. The molecule has 0 heterocycles. The SMILES string of the molecule is C#CC[NH2+]Cc1c(C)cc(C)c(C[NH2+]CC#C)c1C. The molecule has 0 saturated carbocycles. The van der Waals surface area contributed by atoms with Crippen LogP contribution in [-0.2, 0) is 13.1 Å². The first-order chi connectivity index (χ1) is 9.11. The Morgan fingerprint density at radius 2 is 1.32 bits per heavy atom. The molecule has 0 saturated heterocycles. The molecule has 0 aliphatic rings. The number of aryl methyl sites for hydroxylation is 2. The Morgan fingerprint density at radius 1 is 0.895 bits per heavy atom. The van der Waals surface area contributed by atoms with Gasteiger partial charge in [0.2, 0.25) is 0 Å². The smallest absolute Gasteiger partial charge is 0.137 e. The van der Waals surface area contributed by atoms with E-state index in [1.54, 1.807) is 0 Å². The van der Waals surface area contributed by atoms with Crippen molar-refractivity contribution in [1.29, 1.82) is 0 Å². The van der Waals surface area contributed by atoms with Gasteiger partial charge in [-0.2, -0.15) is 0 Å². The zero-order valence-electron chi connectivity index (χ0n) is 12.2. The average molecular weight is 256 g/mol. The molecule has 0 aliphatic carbocycles. The van der Waals surface area contributed by atoms with E-state index in [9.17, 15) is 0 Å². The van der Waals surface area contributed by atoms with Crippen molar-refractivity contribution in [1.82, 2.24) is 0 Å². The summed E-state index contributed by atoms with van der Waals surface area (Å²) in [5.41, 5.74) is 6.90. The van der Waals surface area contributed by atoms with Gasteiger partial charge in [0.25, 0.3) is 0 Å². The number of hydrogen-bond donors (Lipinski definition) is 2. The topological polar surface area (TPSA) is 33.2 Å². The van der Waals surface area contributed by atoms with Crippen LogP contribution in [0.2, 0.25) is 0 Å². The van der Waals surface area contributed by atoms with Crippen LogP contribution in [0.25, 0.3) is 0 Å². The van der Waals surface area contributed by atoms with E-state index >= 15 is 0 Å². The van der Waals surface area contributed by atoms with Gasteiger partial charge >= 0.3 is 0 Å². The highest BCUT2D eigenvalue weighted by atomic mass is 14.8.